The third kappa shape index (κ3) is 5.29. The van der Waals surface area contributed by atoms with Crippen LogP contribution >= 0.6 is 23.2 Å². The van der Waals surface area contributed by atoms with Crippen LogP contribution in [-0.4, -0.2) is 28.4 Å². The van der Waals surface area contributed by atoms with Gasteiger partial charge < -0.3 is 10.1 Å². The Morgan fingerprint density at radius 1 is 1.12 bits per heavy atom. The van der Waals surface area contributed by atoms with Crippen molar-refractivity contribution in [3.63, 3.8) is 0 Å². The van der Waals surface area contributed by atoms with Gasteiger partial charge in [0.05, 0.1) is 31.3 Å². The van der Waals surface area contributed by atoms with E-state index in [4.69, 9.17) is 27.9 Å². The topological polar surface area (TPSA) is 72.5 Å². The average molecular weight is 400 g/mol. The van der Waals surface area contributed by atoms with E-state index in [1.165, 1.54) is 12.1 Å². The molecule has 2 aromatic carbocycles. The largest absolute Gasteiger partial charge is 0.452 e. The van der Waals surface area contributed by atoms with Crippen molar-refractivity contribution in [2.45, 2.75) is 11.8 Å². The van der Waals surface area contributed by atoms with E-state index < -0.39 is 29.3 Å². The number of ether oxygens (including phenoxy) is 1. The molecule has 132 valence electrons. The van der Waals surface area contributed by atoms with Gasteiger partial charge in [-0.25, -0.2) is 4.79 Å². The Labute approximate surface area is 157 Å². The average Bonchev–Trinajstić information content (AvgIpc) is 2.62. The van der Waals surface area contributed by atoms with Gasteiger partial charge in [-0.1, -0.05) is 42.3 Å². The molecule has 2 rings (SSSR count). The summed E-state index contributed by atoms with van der Waals surface area (Å²) in [7, 11) is -1.30. The van der Waals surface area contributed by atoms with E-state index >= 15 is 0 Å². The Hall–Kier alpha value is -1.89. The van der Waals surface area contributed by atoms with Crippen LogP contribution in [0.15, 0.2) is 47.4 Å². The molecule has 0 unspecified atom stereocenters. The first-order valence-corrected chi connectivity index (χ1v) is 9.39. The van der Waals surface area contributed by atoms with Gasteiger partial charge in [0.15, 0.2) is 6.61 Å². The van der Waals surface area contributed by atoms with E-state index in [0.29, 0.717) is 26.4 Å². The van der Waals surface area contributed by atoms with Gasteiger partial charge in [-0.15, -0.1) is 0 Å². The molecular formula is C17H15Cl2NO4S. The van der Waals surface area contributed by atoms with Crippen LogP contribution in [-0.2, 0) is 20.3 Å². The molecular weight excluding hydrogens is 385 g/mol. The lowest BCUT2D eigenvalue weighted by molar-refractivity contribution is -0.119. The Kier molecular flexibility index (Phi) is 6.99. The quantitative estimate of drug-likeness (QED) is 0.747. The summed E-state index contributed by atoms with van der Waals surface area (Å²) in [6.07, 6.45) is 0. The van der Waals surface area contributed by atoms with Crippen molar-refractivity contribution >= 4 is 51.6 Å². The molecule has 1 N–H and O–H groups in total. The highest BCUT2D eigenvalue weighted by Crippen LogP contribution is 2.25. The van der Waals surface area contributed by atoms with E-state index in [-0.39, 0.29) is 5.56 Å². The first-order valence-electron chi connectivity index (χ1n) is 7.31. The number of halogens is 2. The maximum atomic E-state index is 12.2. The van der Waals surface area contributed by atoms with Crippen molar-refractivity contribution < 1.29 is 18.5 Å². The summed E-state index contributed by atoms with van der Waals surface area (Å²) in [5.41, 5.74) is 0.618. The molecule has 0 spiro atoms. The highest BCUT2D eigenvalue weighted by atomic mass is 35.5. The van der Waals surface area contributed by atoms with E-state index in [9.17, 15) is 13.8 Å². The van der Waals surface area contributed by atoms with Crippen molar-refractivity contribution in [2.75, 3.05) is 17.7 Å². The van der Waals surface area contributed by atoms with Crippen molar-refractivity contribution in [1.29, 1.82) is 0 Å². The molecule has 0 aromatic heterocycles. The third-order valence-corrected chi connectivity index (χ3v) is 5.26. The van der Waals surface area contributed by atoms with E-state index in [2.05, 4.69) is 5.32 Å². The fraction of sp³-hybridized carbons (Fsp3) is 0.176. The summed E-state index contributed by atoms with van der Waals surface area (Å²) < 4.78 is 17.0. The van der Waals surface area contributed by atoms with Gasteiger partial charge in [-0.2, -0.15) is 0 Å². The number of rotatable bonds is 6. The first-order chi connectivity index (χ1) is 11.9. The Balaban J connectivity index is 1.99. The summed E-state index contributed by atoms with van der Waals surface area (Å²) in [5.74, 6) is -0.857. The number of carbonyl (C=O) groups is 2. The summed E-state index contributed by atoms with van der Waals surface area (Å²) in [4.78, 5) is 24.5. The molecule has 5 nitrogen and oxygen atoms in total. The predicted molar refractivity (Wildman–Crippen MR) is 98.8 cm³/mol. The van der Waals surface area contributed by atoms with Gasteiger partial charge in [0.2, 0.25) is 0 Å². The molecule has 0 saturated heterocycles. The SMILES string of the molecule is CC[S@@](=O)c1ccccc1C(=O)OCC(=O)Nc1ccc(Cl)c(Cl)c1. The second-order valence-corrected chi connectivity index (χ2v) is 7.41. The molecule has 0 radical (unpaired) electrons. The number of hydrogen-bond acceptors (Lipinski definition) is 4. The molecule has 0 aliphatic carbocycles. The Bertz CT molecular complexity index is 826. The molecule has 1 amide bonds. The minimum Gasteiger partial charge on any atom is -0.452 e. The van der Waals surface area contributed by atoms with Crippen LogP contribution in [0.3, 0.4) is 0 Å². The highest BCUT2D eigenvalue weighted by molar-refractivity contribution is 7.85. The van der Waals surface area contributed by atoms with Gasteiger partial charge >= 0.3 is 5.97 Å². The molecule has 8 heteroatoms. The molecule has 0 fully saturated rings. The van der Waals surface area contributed by atoms with Crippen molar-refractivity contribution in [2.24, 2.45) is 0 Å². The molecule has 0 bridgehead atoms. The summed E-state index contributed by atoms with van der Waals surface area (Å²) in [6.45, 7) is 1.27. The molecule has 0 heterocycles. The van der Waals surface area contributed by atoms with Gasteiger partial charge in [-0.3, -0.25) is 9.00 Å². The molecule has 2 aromatic rings. The van der Waals surface area contributed by atoms with E-state index in [1.807, 2.05) is 0 Å². The van der Waals surface area contributed by atoms with Crippen LogP contribution in [0.1, 0.15) is 17.3 Å². The zero-order chi connectivity index (χ0) is 18.4. The summed E-state index contributed by atoms with van der Waals surface area (Å²) >= 11 is 11.7. The van der Waals surface area contributed by atoms with Crippen LogP contribution in [0.5, 0.6) is 0 Å². The number of anilines is 1. The lowest BCUT2D eigenvalue weighted by atomic mass is 10.2. The molecule has 1 atom stereocenters. The Morgan fingerprint density at radius 2 is 1.84 bits per heavy atom. The minimum atomic E-state index is -1.30. The molecule has 0 saturated carbocycles. The zero-order valence-electron chi connectivity index (χ0n) is 13.3. The van der Waals surface area contributed by atoms with Gasteiger partial charge in [0.25, 0.3) is 5.91 Å². The van der Waals surface area contributed by atoms with Crippen LogP contribution < -0.4 is 5.32 Å². The van der Waals surface area contributed by atoms with Crippen molar-refractivity contribution in [3.8, 4) is 0 Å². The van der Waals surface area contributed by atoms with Gasteiger partial charge in [0, 0.05) is 11.4 Å². The molecule has 0 aliphatic rings. The number of carbonyl (C=O) groups excluding carboxylic acids is 2. The van der Waals surface area contributed by atoms with Gasteiger partial charge in [0.1, 0.15) is 0 Å². The number of hydrogen-bond donors (Lipinski definition) is 1. The van der Waals surface area contributed by atoms with Crippen molar-refractivity contribution in [1.82, 2.24) is 0 Å². The molecule has 0 aliphatic heterocycles. The first kappa shape index (κ1) is 19.4. The van der Waals surface area contributed by atoms with Crippen LogP contribution in [0.25, 0.3) is 0 Å². The van der Waals surface area contributed by atoms with E-state index in [0.717, 1.165) is 0 Å². The normalized spacial score (nSPS) is 11.6. The number of amides is 1. The third-order valence-electron chi connectivity index (χ3n) is 3.15. The Morgan fingerprint density at radius 3 is 2.52 bits per heavy atom. The highest BCUT2D eigenvalue weighted by Gasteiger charge is 2.17. The maximum absolute atomic E-state index is 12.2. The second kappa shape index (κ2) is 8.99. The fourth-order valence-corrected chi connectivity index (χ4v) is 3.21. The van der Waals surface area contributed by atoms with E-state index in [1.54, 1.807) is 37.3 Å². The minimum absolute atomic E-state index is 0.185. The predicted octanol–water partition coefficient (Wildman–Crippen LogP) is 3.92. The monoisotopic (exact) mass is 399 g/mol. The van der Waals surface area contributed by atoms with Crippen molar-refractivity contribution in [3.05, 3.63) is 58.1 Å². The fourth-order valence-electron chi connectivity index (χ4n) is 1.97. The smallest absolute Gasteiger partial charge is 0.339 e. The summed E-state index contributed by atoms with van der Waals surface area (Å²) in [6, 6.07) is 11.1. The molecule has 25 heavy (non-hydrogen) atoms. The second-order valence-electron chi connectivity index (χ2n) is 4.88. The maximum Gasteiger partial charge on any atom is 0.339 e. The van der Waals surface area contributed by atoms with Crippen LogP contribution in [0.4, 0.5) is 5.69 Å². The lowest BCUT2D eigenvalue weighted by Gasteiger charge is -2.09. The number of esters is 1. The van der Waals surface area contributed by atoms with Gasteiger partial charge in [-0.05, 0) is 30.3 Å². The lowest BCUT2D eigenvalue weighted by Crippen LogP contribution is -2.21. The van der Waals surface area contributed by atoms with Crippen LogP contribution in [0, 0.1) is 0 Å². The number of nitrogens with one attached hydrogen (secondary N) is 1. The summed E-state index contributed by atoms with van der Waals surface area (Å²) in [5, 5.41) is 3.21. The van der Waals surface area contributed by atoms with Crippen LogP contribution in [0.2, 0.25) is 10.0 Å². The zero-order valence-corrected chi connectivity index (χ0v) is 15.6. The standard InChI is InChI=1S/C17H15Cl2NO4S/c1-2-25(23)15-6-4-3-5-12(15)17(22)24-10-16(21)20-11-7-8-13(18)14(19)9-11/h3-9H,2,10H2,1H3,(H,20,21)/t25-/m1/s1. The number of benzene rings is 2.